The number of aliphatic hydroxyl groups is 1. The maximum absolute atomic E-state index is 10.5. The first-order chi connectivity index (χ1) is 17.5. The second-order valence-corrected chi connectivity index (χ2v) is 9.81. The number of nitrogens with zero attached hydrogens (tertiary/aromatic N) is 6. The van der Waals surface area contributed by atoms with Crippen LogP contribution in [0.3, 0.4) is 0 Å². The van der Waals surface area contributed by atoms with E-state index in [1.165, 1.54) is 6.20 Å². The number of ether oxygens (including phenoxy) is 1. The first-order valence-corrected chi connectivity index (χ1v) is 12.7. The molecule has 1 saturated heterocycles. The molecule has 0 aliphatic carbocycles. The fourth-order valence-corrected chi connectivity index (χ4v) is 5.61. The van der Waals surface area contributed by atoms with Gasteiger partial charge in [-0.05, 0) is 25.0 Å². The molecule has 0 spiro atoms. The molecule has 3 aromatic rings. The first-order valence-electron chi connectivity index (χ1n) is 11.5. The fraction of sp³-hybridized carbons (Fsp3) is 0.375. The van der Waals surface area contributed by atoms with E-state index in [1.807, 2.05) is 16.3 Å². The Kier molecular flexibility index (Phi) is 7.29. The predicted octanol–water partition coefficient (Wildman–Crippen LogP) is 3.61. The Morgan fingerprint density at radius 2 is 2.11 bits per heavy atom. The molecule has 10 nitrogen and oxygen atoms in total. The Morgan fingerprint density at radius 1 is 1.28 bits per heavy atom. The smallest absolute Gasteiger partial charge is 0.235 e. The van der Waals surface area contributed by atoms with Gasteiger partial charge in [0.2, 0.25) is 11.7 Å². The van der Waals surface area contributed by atoms with E-state index in [0.717, 1.165) is 29.3 Å². The minimum Gasteiger partial charge on any atom is -0.507 e. The molecule has 0 amide bonds. The van der Waals surface area contributed by atoms with Gasteiger partial charge in [-0.25, -0.2) is 9.97 Å². The van der Waals surface area contributed by atoms with Crippen LogP contribution in [-0.2, 0) is 4.84 Å². The van der Waals surface area contributed by atoms with Crippen LogP contribution in [0.25, 0.3) is 0 Å². The Bertz CT molecular complexity index is 1280. The number of thiazole rings is 1. The van der Waals surface area contributed by atoms with Crippen molar-refractivity contribution in [3.8, 4) is 17.7 Å². The Balaban J connectivity index is 1.13. The third-order valence-electron chi connectivity index (χ3n) is 6.25. The van der Waals surface area contributed by atoms with Crippen LogP contribution >= 0.6 is 22.9 Å². The van der Waals surface area contributed by atoms with E-state index in [1.54, 1.807) is 35.6 Å². The molecule has 2 aromatic heterocycles. The highest BCUT2D eigenvalue weighted by molar-refractivity contribution is 7.10. The van der Waals surface area contributed by atoms with Crippen LogP contribution in [0.1, 0.15) is 53.4 Å². The second-order valence-electron chi connectivity index (χ2n) is 8.51. The Hall–Kier alpha value is -3.30. The lowest BCUT2D eigenvalue weighted by Gasteiger charge is -2.34. The number of aliphatic hydroxyl groups excluding tert-OH is 1. The number of rotatable bonds is 7. The summed E-state index contributed by atoms with van der Waals surface area (Å²) in [5, 5.41) is 37.3. The molecule has 186 valence electrons. The number of phenols is 1. The predicted molar refractivity (Wildman–Crippen MR) is 132 cm³/mol. The van der Waals surface area contributed by atoms with Crippen molar-refractivity contribution < 1.29 is 19.8 Å². The van der Waals surface area contributed by atoms with Crippen LogP contribution in [0.5, 0.6) is 11.6 Å². The van der Waals surface area contributed by atoms with Gasteiger partial charge in [-0.2, -0.15) is 10.2 Å². The maximum Gasteiger partial charge on any atom is 0.235 e. The SMILES string of the molecule is N#Cc1nccc(OCC(O)N2CCC(c3nc(C4=NOC(c5c(O)cccc5Cl)C4)cs3)CC2)n1. The molecular formula is C24H23ClN6O4S. The van der Waals surface area contributed by atoms with Gasteiger partial charge >= 0.3 is 0 Å². The number of benzene rings is 1. The summed E-state index contributed by atoms with van der Waals surface area (Å²) in [5.41, 5.74) is 2.05. The van der Waals surface area contributed by atoms with Crippen molar-refractivity contribution in [2.45, 2.75) is 37.5 Å². The number of oxime groups is 1. The number of likely N-dealkylation sites (tertiary alicyclic amines) is 1. The number of nitriles is 1. The van der Waals surface area contributed by atoms with E-state index in [2.05, 4.69) is 15.1 Å². The normalized spacial score (nSPS) is 19.4. The van der Waals surface area contributed by atoms with Gasteiger partial charge in [0, 0.05) is 43.1 Å². The average Bonchev–Trinajstić information content (AvgIpc) is 3.58. The number of aromatic hydroxyl groups is 1. The molecule has 0 saturated carbocycles. The summed E-state index contributed by atoms with van der Waals surface area (Å²) in [6.07, 6.45) is 2.42. The zero-order valence-corrected chi connectivity index (χ0v) is 20.7. The molecule has 1 aromatic carbocycles. The summed E-state index contributed by atoms with van der Waals surface area (Å²) < 4.78 is 5.54. The van der Waals surface area contributed by atoms with E-state index < -0.39 is 12.3 Å². The third kappa shape index (κ3) is 5.27. The number of aromatic nitrogens is 3. The zero-order chi connectivity index (χ0) is 25.1. The molecule has 0 radical (unpaired) electrons. The van der Waals surface area contributed by atoms with Crippen molar-refractivity contribution in [1.82, 2.24) is 19.9 Å². The van der Waals surface area contributed by atoms with Crippen LogP contribution in [-0.4, -0.2) is 61.7 Å². The van der Waals surface area contributed by atoms with Gasteiger partial charge < -0.3 is 19.8 Å². The molecule has 4 heterocycles. The van der Waals surface area contributed by atoms with Crippen molar-refractivity contribution in [1.29, 1.82) is 5.26 Å². The van der Waals surface area contributed by atoms with Gasteiger partial charge in [-0.15, -0.1) is 11.3 Å². The number of phenolic OH excluding ortho intramolecular Hbond substituents is 1. The van der Waals surface area contributed by atoms with Crippen molar-refractivity contribution in [3.05, 3.63) is 63.0 Å². The zero-order valence-electron chi connectivity index (χ0n) is 19.1. The molecule has 36 heavy (non-hydrogen) atoms. The quantitative estimate of drug-likeness (QED) is 0.473. The molecule has 5 rings (SSSR count). The molecule has 1 fully saturated rings. The highest BCUT2D eigenvalue weighted by Gasteiger charge is 2.31. The average molecular weight is 527 g/mol. The Labute approximate surface area is 216 Å². The first kappa shape index (κ1) is 24.4. The highest BCUT2D eigenvalue weighted by atomic mass is 35.5. The van der Waals surface area contributed by atoms with Gasteiger partial charge in [-0.1, -0.05) is 22.8 Å². The van der Waals surface area contributed by atoms with Gasteiger partial charge in [0.1, 0.15) is 30.4 Å². The highest BCUT2D eigenvalue weighted by Crippen LogP contribution is 2.39. The molecule has 2 unspecified atom stereocenters. The summed E-state index contributed by atoms with van der Waals surface area (Å²) >= 11 is 7.85. The van der Waals surface area contributed by atoms with E-state index in [-0.39, 0.29) is 24.1 Å². The van der Waals surface area contributed by atoms with E-state index in [0.29, 0.717) is 36.0 Å². The summed E-state index contributed by atoms with van der Waals surface area (Å²) in [5.74, 6) is 0.667. The molecule has 2 N–H and O–H groups in total. The van der Waals surface area contributed by atoms with Gasteiger partial charge in [0.15, 0.2) is 6.10 Å². The van der Waals surface area contributed by atoms with Gasteiger partial charge in [0.05, 0.1) is 21.3 Å². The van der Waals surface area contributed by atoms with Crippen LogP contribution in [0.2, 0.25) is 5.02 Å². The maximum atomic E-state index is 10.5. The van der Waals surface area contributed by atoms with E-state index in [4.69, 9.17) is 31.4 Å². The molecule has 12 heteroatoms. The van der Waals surface area contributed by atoms with Crippen LogP contribution in [0.15, 0.2) is 41.0 Å². The van der Waals surface area contributed by atoms with Crippen molar-refractivity contribution >= 4 is 28.6 Å². The van der Waals surface area contributed by atoms with Crippen molar-refractivity contribution in [2.24, 2.45) is 5.16 Å². The minimum atomic E-state index is -0.776. The van der Waals surface area contributed by atoms with Gasteiger partial charge in [0.25, 0.3) is 0 Å². The number of piperidine rings is 1. The largest absolute Gasteiger partial charge is 0.507 e. The topological polar surface area (TPSA) is 137 Å². The lowest BCUT2D eigenvalue weighted by atomic mass is 9.97. The van der Waals surface area contributed by atoms with E-state index in [9.17, 15) is 10.2 Å². The van der Waals surface area contributed by atoms with Crippen LogP contribution in [0, 0.1) is 11.3 Å². The molecular weight excluding hydrogens is 504 g/mol. The minimum absolute atomic E-state index is 0.0262. The lowest BCUT2D eigenvalue weighted by Crippen LogP contribution is -2.44. The van der Waals surface area contributed by atoms with Gasteiger partial charge in [-0.3, -0.25) is 4.90 Å². The lowest BCUT2D eigenvalue weighted by molar-refractivity contribution is -0.0399. The third-order valence-corrected chi connectivity index (χ3v) is 7.59. The van der Waals surface area contributed by atoms with Crippen molar-refractivity contribution in [3.63, 3.8) is 0 Å². The van der Waals surface area contributed by atoms with Crippen LogP contribution < -0.4 is 4.74 Å². The van der Waals surface area contributed by atoms with Crippen molar-refractivity contribution in [2.75, 3.05) is 19.7 Å². The summed E-state index contributed by atoms with van der Waals surface area (Å²) in [6.45, 7) is 1.46. The number of hydrogen-bond donors (Lipinski definition) is 2. The van der Waals surface area contributed by atoms with E-state index >= 15 is 0 Å². The molecule has 2 atom stereocenters. The number of halogens is 1. The Morgan fingerprint density at radius 3 is 2.89 bits per heavy atom. The summed E-state index contributed by atoms with van der Waals surface area (Å²) in [4.78, 5) is 20.1. The van der Waals surface area contributed by atoms with Crippen LogP contribution in [0.4, 0.5) is 0 Å². The molecule has 2 aliphatic heterocycles. The fourth-order valence-electron chi connectivity index (χ4n) is 4.32. The molecule has 0 bridgehead atoms. The monoisotopic (exact) mass is 526 g/mol. The number of hydrogen-bond acceptors (Lipinski definition) is 11. The second kappa shape index (κ2) is 10.8. The summed E-state index contributed by atoms with van der Waals surface area (Å²) in [7, 11) is 0. The summed E-state index contributed by atoms with van der Waals surface area (Å²) in [6, 6.07) is 8.40. The molecule has 2 aliphatic rings. The standard InChI is InChI=1S/C24H23ClN6O4S/c25-15-2-1-3-18(32)23(15)19-10-16(30-35-19)17-13-36-24(28-17)14-5-8-31(9-6-14)22(33)12-34-21-4-7-27-20(11-26)29-21/h1-4,7,13-14,19,22,32-33H,5-6,8-10,12H2.